The van der Waals surface area contributed by atoms with E-state index in [0.717, 1.165) is 18.4 Å². The molecule has 1 aliphatic rings. The molecule has 0 saturated carbocycles. The lowest BCUT2D eigenvalue weighted by Crippen LogP contribution is -2.30. The maximum absolute atomic E-state index is 13.0. The average Bonchev–Trinajstić information content (AvgIpc) is 2.99. The molecule has 0 spiro atoms. The highest BCUT2D eigenvalue weighted by Gasteiger charge is 2.35. The first kappa shape index (κ1) is 14.2. The summed E-state index contributed by atoms with van der Waals surface area (Å²) in [7, 11) is -3.51. The molecular formula is C16H16FNO2S. The van der Waals surface area contributed by atoms with Crippen molar-refractivity contribution in [2.45, 2.75) is 23.8 Å². The van der Waals surface area contributed by atoms with E-state index < -0.39 is 10.0 Å². The highest BCUT2D eigenvalue weighted by Crippen LogP contribution is 2.36. The molecule has 0 radical (unpaired) electrons. The van der Waals surface area contributed by atoms with Crippen molar-refractivity contribution in [1.29, 1.82) is 0 Å². The molecule has 1 aliphatic heterocycles. The molecule has 3 nitrogen and oxygen atoms in total. The van der Waals surface area contributed by atoms with Crippen molar-refractivity contribution in [3.8, 4) is 0 Å². The Labute approximate surface area is 124 Å². The highest BCUT2D eigenvalue weighted by molar-refractivity contribution is 7.89. The first-order valence-electron chi connectivity index (χ1n) is 6.91. The van der Waals surface area contributed by atoms with Crippen LogP contribution in [0.15, 0.2) is 59.5 Å². The smallest absolute Gasteiger partial charge is 0.207 e. The molecule has 0 bridgehead atoms. The minimum atomic E-state index is -3.51. The van der Waals surface area contributed by atoms with Crippen molar-refractivity contribution >= 4 is 10.0 Å². The van der Waals surface area contributed by atoms with Gasteiger partial charge in [-0.25, -0.2) is 12.8 Å². The van der Waals surface area contributed by atoms with Crippen molar-refractivity contribution in [1.82, 2.24) is 4.31 Å². The van der Waals surface area contributed by atoms with Gasteiger partial charge in [0.1, 0.15) is 5.82 Å². The Morgan fingerprint density at radius 2 is 1.67 bits per heavy atom. The summed E-state index contributed by atoms with van der Waals surface area (Å²) in [5.41, 5.74) is 0.841. The van der Waals surface area contributed by atoms with Gasteiger partial charge in [0.2, 0.25) is 10.0 Å². The zero-order chi connectivity index (χ0) is 14.9. The second kappa shape index (κ2) is 5.58. The van der Waals surface area contributed by atoms with Crippen LogP contribution in [0.25, 0.3) is 0 Å². The fraction of sp³-hybridized carbons (Fsp3) is 0.250. The van der Waals surface area contributed by atoms with Gasteiger partial charge in [0, 0.05) is 6.54 Å². The minimum Gasteiger partial charge on any atom is -0.207 e. The van der Waals surface area contributed by atoms with E-state index in [-0.39, 0.29) is 11.9 Å². The minimum absolute atomic E-state index is 0.212. The third-order valence-corrected chi connectivity index (χ3v) is 5.73. The van der Waals surface area contributed by atoms with Crippen LogP contribution in [0.2, 0.25) is 0 Å². The van der Waals surface area contributed by atoms with E-state index in [1.807, 2.05) is 0 Å². The molecule has 21 heavy (non-hydrogen) atoms. The van der Waals surface area contributed by atoms with Crippen LogP contribution in [0.4, 0.5) is 4.39 Å². The molecule has 0 unspecified atom stereocenters. The van der Waals surface area contributed by atoms with Gasteiger partial charge in [-0.3, -0.25) is 0 Å². The van der Waals surface area contributed by atoms with E-state index in [9.17, 15) is 12.8 Å². The molecule has 2 aromatic carbocycles. The number of hydrogen-bond acceptors (Lipinski definition) is 2. The summed E-state index contributed by atoms with van der Waals surface area (Å²) >= 11 is 0. The van der Waals surface area contributed by atoms with Gasteiger partial charge in [-0.1, -0.05) is 30.3 Å². The lowest BCUT2D eigenvalue weighted by atomic mass is 10.1. The van der Waals surface area contributed by atoms with Crippen LogP contribution >= 0.6 is 0 Å². The van der Waals surface area contributed by atoms with Crippen molar-refractivity contribution in [2.24, 2.45) is 0 Å². The summed E-state index contributed by atoms with van der Waals surface area (Å²) in [4.78, 5) is 0.305. The average molecular weight is 305 g/mol. The van der Waals surface area contributed by atoms with Crippen molar-refractivity contribution in [3.63, 3.8) is 0 Å². The summed E-state index contributed by atoms with van der Waals surface area (Å²) in [5.74, 6) is -0.311. The fourth-order valence-electron chi connectivity index (χ4n) is 2.77. The predicted molar refractivity (Wildman–Crippen MR) is 78.7 cm³/mol. The topological polar surface area (TPSA) is 37.4 Å². The molecule has 1 heterocycles. The molecule has 0 aliphatic carbocycles. The van der Waals surface area contributed by atoms with E-state index in [4.69, 9.17) is 0 Å². The van der Waals surface area contributed by atoms with Crippen LogP contribution in [0.1, 0.15) is 24.4 Å². The third-order valence-electron chi connectivity index (χ3n) is 3.81. The van der Waals surface area contributed by atoms with Crippen LogP contribution in [-0.2, 0) is 10.0 Å². The van der Waals surface area contributed by atoms with Gasteiger partial charge in [0.15, 0.2) is 0 Å². The molecule has 1 saturated heterocycles. The normalized spacial score (nSPS) is 19.8. The Balaban J connectivity index is 1.96. The maximum Gasteiger partial charge on any atom is 0.243 e. The Bertz CT molecular complexity index is 714. The summed E-state index contributed by atoms with van der Waals surface area (Å²) in [6.07, 6.45) is 1.58. The first-order chi connectivity index (χ1) is 10.1. The van der Waals surface area contributed by atoms with Gasteiger partial charge >= 0.3 is 0 Å². The number of hydrogen-bond donors (Lipinski definition) is 0. The Morgan fingerprint density at radius 1 is 1.00 bits per heavy atom. The molecule has 1 atom stereocenters. The standard InChI is InChI=1S/C16H16FNO2S/c17-14-10-8-13(9-11-14)16-7-4-12-18(16)21(19,20)15-5-2-1-3-6-15/h1-3,5-6,8-11,16H,4,7,12H2/t16-/m1/s1. The van der Waals surface area contributed by atoms with Crippen LogP contribution in [0.3, 0.4) is 0 Å². The second-order valence-electron chi connectivity index (χ2n) is 5.14. The van der Waals surface area contributed by atoms with E-state index in [0.29, 0.717) is 11.4 Å². The second-order valence-corrected chi connectivity index (χ2v) is 7.03. The maximum atomic E-state index is 13.0. The molecule has 3 rings (SSSR count). The molecule has 2 aromatic rings. The molecule has 1 fully saturated rings. The number of rotatable bonds is 3. The quantitative estimate of drug-likeness (QED) is 0.872. The van der Waals surface area contributed by atoms with E-state index in [1.54, 1.807) is 42.5 Å². The molecule has 110 valence electrons. The molecule has 5 heteroatoms. The zero-order valence-corrected chi connectivity index (χ0v) is 12.3. The Morgan fingerprint density at radius 3 is 2.33 bits per heavy atom. The number of benzene rings is 2. The molecule has 0 aromatic heterocycles. The van der Waals surface area contributed by atoms with Crippen LogP contribution in [0.5, 0.6) is 0 Å². The largest absolute Gasteiger partial charge is 0.243 e. The van der Waals surface area contributed by atoms with Gasteiger partial charge < -0.3 is 0 Å². The molecule has 0 N–H and O–H groups in total. The lowest BCUT2D eigenvalue weighted by Gasteiger charge is -2.24. The fourth-order valence-corrected chi connectivity index (χ4v) is 4.48. The summed E-state index contributed by atoms with van der Waals surface area (Å²) in [5, 5.41) is 0. The van der Waals surface area contributed by atoms with Crippen molar-refractivity contribution in [3.05, 3.63) is 66.0 Å². The summed E-state index contributed by atoms with van der Waals surface area (Å²) < 4.78 is 40.0. The van der Waals surface area contributed by atoms with Crippen LogP contribution in [-0.4, -0.2) is 19.3 Å². The van der Waals surface area contributed by atoms with Crippen LogP contribution < -0.4 is 0 Å². The number of nitrogens with zero attached hydrogens (tertiary/aromatic N) is 1. The van der Waals surface area contributed by atoms with Crippen LogP contribution in [0, 0.1) is 5.82 Å². The third kappa shape index (κ3) is 2.71. The van der Waals surface area contributed by atoms with Gasteiger partial charge in [-0.2, -0.15) is 4.31 Å². The number of halogens is 1. The molecule has 0 amide bonds. The predicted octanol–water partition coefficient (Wildman–Crippen LogP) is 3.35. The summed E-state index contributed by atoms with van der Waals surface area (Å²) in [6, 6.07) is 14.3. The lowest BCUT2D eigenvalue weighted by molar-refractivity contribution is 0.396. The SMILES string of the molecule is O=S(=O)(c1ccccc1)N1CCC[C@@H]1c1ccc(F)cc1. The summed E-state index contributed by atoms with van der Waals surface area (Å²) in [6.45, 7) is 0.499. The molecular weight excluding hydrogens is 289 g/mol. The van der Waals surface area contributed by atoms with Crippen molar-refractivity contribution < 1.29 is 12.8 Å². The Hall–Kier alpha value is -1.72. The zero-order valence-electron chi connectivity index (χ0n) is 11.4. The number of sulfonamides is 1. The van der Waals surface area contributed by atoms with Gasteiger partial charge in [-0.15, -0.1) is 0 Å². The van der Waals surface area contributed by atoms with Gasteiger partial charge in [0.25, 0.3) is 0 Å². The Kier molecular flexibility index (Phi) is 3.78. The first-order valence-corrected chi connectivity index (χ1v) is 8.35. The van der Waals surface area contributed by atoms with E-state index in [1.165, 1.54) is 16.4 Å². The monoisotopic (exact) mass is 305 g/mol. The van der Waals surface area contributed by atoms with Crippen molar-refractivity contribution in [2.75, 3.05) is 6.54 Å². The highest BCUT2D eigenvalue weighted by atomic mass is 32.2. The van der Waals surface area contributed by atoms with E-state index in [2.05, 4.69) is 0 Å². The van der Waals surface area contributed by atoms with Gasteiger partial charge in [-0.05, 0) is 42.7 Å². The van der Waals surface area contributed by atoms with E-state index >= 15 is 0 Å². The van der Waals surface area contributed by atoms with Gasteiger partial charge in [0.05, 0.1) is 10.9 Å².